The number of carbonyl (C=O) groups excluding carboxylic acids is 2. The Hall–Kier alpha value is -3.49. The standard InChI is InChI=1S/C23H23F3N4O2/c1-14(2)10-19(31)22(32)28-13-20-29-18-9-4-3-8-17(18)21(30-20)27-12-15-6-5-7-16(11-15)23(24,25)26/h3-9,11,14H,10,12-13H2,1-2H3,(H,28,32)(H,27,29,30). The SMILES string of the molecule is CC(C)CC(=O)C(=O)NCc1nc(NCc2cccc(C(F)(F)F)c2)c2ccccc2n1. The van der Waals surface area contributed by atoms with Crippen LogP contribution in [0.3, 0.4) is 0 Å². The number of aromatic nitrogens is 2. The molecular formula is C23H23F3N4O2. The number of hydrogen-bond donors (Lipinski definition) is 2. The molecule has 0 aliphatic rings. The fourth-order valence-corrected chi connectivity index (χ4v) is 3.10. The number of nitrogens with one attached hydrogen (secondary N) is 2. The van der Waals surface area contributed by atoms with E-state index in [1.54, 1.807) is 30.3 Å². The molecule has 1 aromatic heterocycles. The van der Waals surface area contributed by atoms with Crippen molar-refractivity contribution in [3.8, 4) is 0 Å². The van der Waals surface area contributed by atoms with Crippen LogP contribution in [0.15, 0.2) is 48.5 Å². The zero-order chi connectivity index (χ0) is 23.3. The van der Waals surface area contributed by atoms with Crippen molar-refractivity contribution < 1.29 is 22.8 Å². The van der Waals surface area contributed by atoms with Gasteiger partial charge in [0, 0.05) is 18.4 Å². The third kappa shape index (κ3) is 6.03. The van der Waals surface area contributed by atoms with Crippen LogP contribution >= 0.6 is 0 Å². The molecule has 0 atom stereocenters. The first kappa shape index (κ1) is 23.2. The van der Waals surface area contributed by atoms with Crippen LogP contribution in [0.2, 0.25) is 0 Å². The van der Waals surface area contributed by atoms with Gasteiger partial charge in [-0.05, 0) is 35.7 Å². The van der Waals surface area contributed by atoms with E-state index >= 15 is 0 Å². The second kappa shape index (κ2) is 9.76. The summed E-state index contributed by atoms with van der Waals surface area (Å²) in [5, 5.41) is 6.27. The predicted molar refractivity (Wildman–Crippen MR) is 115 cm³/mol. The Morgan fingerprint density at radius 2 is 1.75 bits per heavy atom. The monoisotopic (exact) mass is 444 g/mol. The first-order valence-electron chi connectivity index (χ1n) is 10.1. The van der Waals surface area contributed by atoms with Crippen LogP contribution in [0.4, 0.5) is 19.0 Å². The van der Waals surface area contributed by atoms with Crippen LogP contribution in [0.5, 0.6) is 0 Å². The van der Waals surface area contributed by atoms with Crippen molar-refractivity contribution in [3.05, 3.63) is 65.5 Å². The minimum Gasteiger partial charge on any atom is -0.365 e. The maximum Gasteiger partial charge on any atom is 0.416 e. The summed E-state index contributed by atoms with van der Waals surface area (Å²) >= 11 is 0. The lowest BCUT2D eigenvalue weighted by Gasteiger charge is -2.13. The molecule has 3 rings (SSSR count). The number of benzene rings is 2. The Morgan fingerprint density at radius 1 is 1.00 bits per heavy atom. The molecule has 2 aromatic carbocycles. The Kier molecular flexibility index (Phi) is 7.07. The van der Waals surface area contributed by atoms with E-state index in [1.165, 1.54) is 6.07 Å². The number of hydrogen-bond acceptors (Lipinski definition) is 5. The van der Waals surface area contributed by atoms with Crippen molar-refractivity contribution in [3.63, 3.8) is 0 Å². The molecule has 9 heteroatoms. The van der Waals surface area contributed by atoms with Crippen molar-refractivity contribution in [1.29, 1.82) is 0 Å². The number of halogens is 3. The molecular weight excluding hydrogens is 421 g/mol. The summed E-state index contributed by atoms with van der Waals surface area (Å²) in [7, 11) is 0. The van der Waals surface area contributed by atoms with Gasteiger partial charge in [-0.1, -0.05) is 38.1 Å². The van der Waals surface area contributed by atoms with Gasteiger partial charge < -0.3 is 10.6 Å². The van der Waals surface area contributed by atoms with E-state index in [9.17, 15) is 22.8 Å². The third-order valence-electron chi connectivity index (χ3n) is 4.62. The summed E-state index contributed by atoms with van der Waals surface area (Å²) in [6.45, 7) is 3.76. The van der Waals surface area contributed by atoms with Gasteiger partial charge in [0.1, 0.15) is 5.82 Å². The van der Waals surface area contributed by atoms with Crippen LogP contribution in [0.1, 0.15) is 37.2 Å². The number of fused-ring (bicyclic) bond motifs is 1. The lowest BCUT2D eigenvalue weighted by Crippen LogP contribution is -2.31. The van der Waals surface area contributed by atoms with Crippen molar-refractivity contribution >= 4 is 28.4 Å². The normalized spacial score (nSPS) is 11.6. The van der Waals surface area contributed by atoms with E-state index in [4.69, 9.17) is 0 Å². The second-order valence-electron chi connectivity index (χ2n) is 7.76. The van der Waals surface area contributed by atoms with Gasteiger partial charge in [0.15, 0.2) is 5.82 Å². The fraction of sp³-hybridized carbons (Fsp3) is 0.304. The number of ketones is 1. The van der Waals surface area contributed by atoms with Crippen molar-refractivity contribution in [1.82, 2.24) is 15.3 Å². The molecule has 0 bridgehead atoms. The zero-order valence-electron chi connectivity index (χ0n) is 17.7. The molecule has 168 valence electrons. The molecule has 0 fully saturated rings. The highest BCUT2D eigenvalue weighted by Gasteiger charge is 2.30. The molecule has 0 aliphatic carbocycles. The Morgan fingerprint density at radius 3 is 2.47 bits per heavy atom. The number of para-hydroxylation sites is 1. The highest BCUT2D eigenvalue weighted by atomic mass is 19.4. The van der Waals surface area contributed by atoms with E-state index < -0.39 is 23.4 Å². The molecule has 1 amide bonds. The van der Waals surface area contributed by atoms with Gasteiger partial charge in [0.2, 0.25) is 5.78 Å². The fourth-order valence-electron chi connectivity index (χ4n) is 3.10. The van der Waals surface area contributed by atoms with Crippen LogP contribution in [0.25, 0.3) is 10.9 Å². The van der Waals surface area contributed by atoms with Crippen molar-refractivity contribution in [2.24, 2.45) is 5.92 Å². The first-order chi connectivity index (χ1) is 15.1. The molecule has 0 unspecified atom stereocenters. The van der Waals surface area contributed by atoms with Gasteiger partial charge in [-0.15, -0.1) is 0 Å². The number of alkyl halides is 3. The second-order valence-corrected chi connectivity index (χ2v) is 7.76. The highest BCUT2D eigenvalue weighted by Crippen LogP contribution is 2.30. The summed E-state index contributed by atoms with van der Waals surface area (Å²) < 4.78 is 38.9. The Balaban J connectivity index is 1.78. The predicted octanol–water partition coefficient (Wildman–Crippen LogP) is 4.49. The van der Waals surface area contributed by atoms with Crippen LogP contribution < -0.4 is 10.6 Å². The summed E-state index contributed by atoms with van der Waals surface area (Å²) in [4.78, 5) is 32.7. The van der Waals surface area contributed by atoms with E-state index in [2.05, 4.69) is 20.6 Å². The number of Topliss-reactive ketones (excluding diaryl/α,β-unsaturated/α-hetero) is 1. The molecule has 0 aliphatic heterocycles. The van der Waals surface area contributed by atoms with Crippen molar-refractivity contribution in [2.45, 2.75) is 39.5 Å². The van der Waals surface area contributed by atoms with Gasteiger partial charge in [-0.2, -0.15) is 13.2 Å². The third-order valence-corrected chi connectivity index (χ3v) is 4.62. The number of rotatable bonds is 8. The van der Waals surface area contributed by atoms with E-state index in [0.29, 0.717) is 22.3 Å². The first-order valence-corrected chi connectivity index (χ1v) is 10.1. The number of anilines is 1. The molecule has 0 radical (unpaired) electrons. The summed E-state index contributed by atoms with van der Waals surface area (Å²) in [6, 6.07) is 12.2. The maximum atomic E-state index is 13.0. The topological polar surface area (TPSA) is 84.0 Å². The number of amides is 1. The van der Waals surface area contributed by atoms with Gasteiger partial charge in [-0.3, -0.25) is 9.59 Å². The molecule has 0 saturated carbocycles. The average Bonchev–Trinajstić information content (AvgIpc) is 2.75. The molecule has 0 saturated heterocycles. The van der Waals surface area contributed by atoms with E-state index in [-0.39, 0.29) is 31.3 Å². The summed E-state index contributed by atoms with van der Waals surface area (Å²) in [5.74, 6) is -0.443. The Labute approximate surface area is 183 Å². The van der Waals surface area contributed by atoms with Crippen LogP contribution in [-0.4, -0.2) is 21.7 Å². The molecule has 1 heterocycles. The van der Waals surface area contributed by atoms with Gasteiger partial charge in [0.25, 0.3) is 5.91 Å². The molecule has 2 N–H and O–H groups in total. The lowest BCUT2D eigenvalue weighted by atomic mass is 10.1. The molecule has 6 nitrogen and oxygen atoms in total. The van der Waals surface area contributed by atoms with Gasteiger partial charge in [0.05, 0.1) is 17.6 Å². The zero-order valence-corrected chi connectivity index (χ0v) is 17.7. The summed E-state index contributed by atoms with van der Waals surface area (Å²) in [6.07, 6.45) is -4.27. The highest BCUT2D eigenvalue weighted by molar-refractivity contribution is 6.36. The summed E-state index contributed by atoms with van der Waals surface area (Å²) in [5.41, 5.74) is 0.322. The van der Waals surface area contributed by atoms with Gasteiger partial charge in [-0.25, -0.2) is 9.97 Å². The Bertz CT molecular complexity index is 1130. The average molecular weight is 444 g/mol. The van der Waals surface area contributed by atoms with Crippen LogP contribution in [-0.2, 0) is 28.9 Å². The lowest BCUT2D eigenvalue weighted by molar-refractivity contribution is -0.138. The minimum atomic E-state index is -4.42. The van der Waals surface area contributed by atoms with E-state index in [1.807, 2.05) is 13.8 Å². The number of carbonyl (C=O) groups is 2. The van der Waals surface area contributed by atoms with Crippen molar-refractivity contribution in [2.75, 3.05) is 5.32 Å². The quantitative estimate of drug-likeness (QED) is 0.500. The minimum absolute atomic E-state index is 0.0499. The largest absolute Gasteiger partial charge is 0.416 e. The molecule has 0 spiro atoms. The van der Waals surface area contributed by atoms with E-state index in [0.717, 1.165) is 12.1 Å². The van der Waals surface area contributed by atoms with Crippen LogP contribution in [0, 0.1) is 5.92 Å². The molecule has 32 heavy (non-hydrogen) atoms. The smallest absolute Gasteiger partial charge is 0.365 e. The van der Waals surface area contributed by atoms with Gasteiger partial charge >= 0.3 is 6.18 Å². The molecule has 3 aromatic rings. The number of nitrogens with zero attached hydrogens (tertiary/aromatic N) is 2. The maximum absolute atomic E-state index is 13.0.